The highest BCUT2D eigenvalue weighted by Gasteiger charge is 2.25. The number of carbonyl (C=O) groups is 2. The van der Waals surface area contributed by atoms with Crippen LogP contribution in [0.25, 0.3) is 0 Å². The van der Waals surface area contributed by atoms with Crippen molar-refractivity contribution in [1.82, 2.24) is 5.32 Å². The zero-order valence-corrected chi connectivity index (χ0v) is 11.1. The van der Waals surface area contributed by atoms with Crippen molar-refractivity contribution in [3.63, 3.8) is 0 Å². The normalized spacial score (nSPS) is 10.9. The van der Waals surface area contributed by atoms with Crippen LogP contribution in [-0.4, -0.2) is 47.4 Å². The summed E-state index contributed by atoms with van der Waals surface area (Å²) in [6, 6.07) is 6.04. The summed E-state index contributed by atoms with van der Waals surface area (Å²) in [5.41, 5.74) is 4.20. The number of rotatable bonds is 7. The fraction of sp³-hybridized carbons (Fsp3) is 0.385. The number of amides is 2. The van der Waals surface area contributed by atoms with Crippen LogP contribution in [0.1, 0.15) is 17.3 Å². The second kappa shape index (κ2) is 6.88. The van der Waals surface area contributed by atoms with E-state index < -0.39 is 17.4 Å². The Hall–Kier alpha value is -2.12. The molecule has 0 aliphatic heterocycles. The highest BCUT2D eigenvalue weighted by Crippen LogP contribution is 2.13. The third-order valence-electron chi connectivity index (χ3n) is 2.61. The van der Waals surface area contributed by atoms with Crippen LogP contribution in [-0.2, 0) is 4.79 Å². The molecule has 2 amide bonds. The van der Waals surface area contributed by atoms with Gasteiger partial charge in [-0.15, -0.1) is 0 Å². The molecule has 7 nitrogen and oxygen atoms in total. The number of nitrogens with one attached hydrogen (secondary N) is 1. The van der Waals surface area contributed by atoms with Gasteiger partial charge in [0.1, 0.15) is 5.75 Å². The largest absolute Gasteiger partial charge is 0.484 e. The van der Waals surface area contributed by atoms with Gasteiger partial charge in [0.2, 0.25) is 0 Å². The molecular weight excluding hydrogens is 264 g/mol. The SMILES string of the molecule is CC(CO)(CO)NC(=O)c1ccc(OCC(N)=O)cc1. The molecule has 0 aromatic heterocycles. The van der Waals surface area contributed by atoms with Crippen LogP contribution in [0.5, 0.6) is 5.75 Å². The number of aliphatic hydroxyl groups excluding tert-OH is 2. The summed E-state index contributed by atoms with van der Waals surface area (Å²) < 4.78 is 5.06. The molecule has 0 aliphatic rings. The number of benzene rings is 1. The predicted octanol–water partition coefficient (Wildman–Crippen LogP) is -0.976. The van der Waals surface area contributed by atoms with Gasteiger partial charge in [0.25, 0.3) is 11.8 Å². The molecule has 1 aromatic rings. The van der Waals surface area contributed by atoms with E-state index in [1.165, 1.54) is 31.2 Å². The van der Waals surface area contributed by atoms with E-state index in [1.807, 2.05) is 0 Å². The maximum absolute atomic E-state index is 11.9. The summed E-state index contributed by atoms with van der Waals surface area (Å²) >= 11 is 0. The van der Waals surface area contributed by atoms with Crippen LogP contribution in [0.4, 0.5) is 0 Å². The zero-order chi connectivity index (χ0) is 15.2. The molecule has 1 rings (SSSR count). The molecule has 0 saturated heterocycles. The van der Waals surface area contributed by atoms with E-state index in [2.05, 4.69) is 5.32 Å². The van der Waals surface area contributed by atoms with Crippen LogP contribution in [0.3, 0.4) is 0 Å². The summed E-state index contributed by atoms with van der Waals surface area (Å²) in [6.45, 7) is 0.526. The van der Waals surface area contributed by atoms with Gasteiger partial charge in [-0.1, -0.05) is 0 Å². The molecule has 0 aliphatic carbocycles. The number of ether oxygens (including phenoxy) is 1. The van der Waals surface area contributed by atoms with Gasteiger partial charge < -0.3 is 26.0 Å². The van der Waals surface area contributed by atoms with Crippen molar-refractivity contribution in [2.75, 3.05) is 19.8 Å². The van der Waals surface area contributed by atoms with Gasteiger partial charge >= 0.3 is 0 Å². The molecule has 0 saturated carbocycles. The number of nitrogens with two attached hydrogens (primary N) is 1. The topological polar surface area (TPSA) is 122 Å². The van der Waals surface area contributed by atoms with E-state index in [-0.39, 0.29) is 19.8 Å². The Kier molecular flexibility index (Phi) is 5.48. The lowest BCUT2D eigenvalue weighted by Gasteiger charge is -2.26. The summed E-state index contributed by atoms with van der Waals surface area (Å²) in [7, 11) is 0. The molecular formula is C13H18N2O5. The monoisotopic (exact) mass is 282 g/mol. The molecule has 110 valence electrons. The fourth-order valence-corrected chi connectivity index (χ4v) is 1.33. The maximum Gasteiger partial charge on any atom is 0.255 e. The number of aliphatic hydroxyl groups is 2. The Morgan fingerprint density at radius 1 is 1.25 bits per heavy atom. The fourth-order valence-electron chi connectivity index (χ4n) is 1.33. The van der Waals surface area contributed by atoms with E-state index in [4.69, 9.17) is 20.7 Å². The van der Waals surface area contributed by atoms with E-state index >= 15 is 0 Å². The van der Waals surface area contributed by atoms with Crippen LogP contribution in [0.15, 0.2) is 24.3 Å². The average molecular weight is 282 g/mol. The van der Waals surface area contributed by atoms with Gasteiger partial charge in [-0.05, 0) is 31.2 Å². The minimum Gasteiger partial charge on any atom is -0.484 e. The first-order chi connectivity index (χ1) is 9.40. The van der Waals surface area contributed by atoms with Gasteiger partial charge in [-0.25, -0.2) is 0 Å². The molecule has 0 fully saturated rings. The standard InChI is InChI=1S/C13H18N2O5/c1-13(7-16,8-17)15-12(19)9-2-4-10(5-3-9)20-6-11(14)18/h2-5,16-17H,6-8H2,1H3,(H2,14,18)(H,15,19). The van der Waals surface area contributed by atoms with Gasteiger partial charge in [0.05, 0.1) is 18.8 Å². The smallest absolute Gasteiger partial charge is 0.255 e. The second-order valence-corrected chi connectivity index (χ2v) is 4.61. The molecule has 0 spiro atoms. The highest BCUT2D eigenvalue weighted by atomic mass is 16.5. The van der Waals surface area contributed by atoms with E-state index in [9.17, 15) is 9.59 Å². The van der Waals surface area contributed by atoms with Gasteiger partial charge in [-0.2, -0.15) is 0 Å². The zero-order valence-electron chi connectivity index (χ0n) is 11.1. The highest BCUT2D eigenvalue weighted by molar-refractivity contribution is 5.94. The van der Waals surface area contributed by atoms with E-state index in [0.29, 0.717) is 11.3 Å². The van der Waals surface area contributed by atoms with Crippen LogP contribution < -0.4 is 15.8 Å². The van der Waals surface area contributed by atoms with Gasteiger partial charge in [-0.3, -0.25) is 9.59 Å². The maximum atomic E-state index is 11.9. The molecule has 1 aromatic carbocycles. The van der Waals surface area contributed by atoms with Crippen molar-refractivity contribution in [1.29, 1.82) is 0 Å². The molecule has 5 N–H and O–H groups in total. The molecule has 0 unspecified atom stereocenters. The van der Waals surface area contributed by atoms with Crippen LogP contribution in [0, 0.1) is 0 Å². The van der Waals surface area contributed by atoms with Crippen molar-refractivity contribution in [2.24, 2.45) is 5.73 Å². The van der Waals surface area contributed by atoms with Crippen LogP contribution in [0.2, 0.25) is 0 Å². The van der Waals surface area contributed by atoms with Crippen molar-refractivity contribution >= 4 is 11.8 Å². The number of primary amides is 1. The van der Waals surface area contributed by atoms with E-state index in [1.54, 1.807) is 0 Å². The summed E-state index contributed by atoms with van der Waals surface area (Å²) in [5, 5.41) is 20.7. The summed E-state index contributed by atoms with van der Waals surface area (Å²) in [5.74, 6) is -0.613. The number of carbonyl (C=O) groups excluding carboxylic acids is 2. The Bertz CT molecular complexity index is 468. The predicted molar refractivity (Wildman–Crippen MR) is 71.2 cm³/mol. The first-order valence-electron chi connectivity index (χ1n) is 5.95. The minimum atomic E-state index is -1.09. The van der Waals surface area contributed by atoms with Crippen molar-refractivity contribution < 1.29 is 24.5 Å². The van der Waals surface area contributed by atoms with Crippen LogP contribution >= 0.6 is 0 Å². The number of hydrogen-bond acceptors (Lipinski definition) is 5. The molecule has 20 heavy (non-hydrogen) atoms. The Balaban J connectivity index is 2.68. The quantitative estimate of drug-likeness (QED) is 0.512. The summed E-state index contributed by atoms with van der Waals surface area (Å²) in [4.78, 5) is 22.5. The molecule has 0 heterocycles. The molecule has 0 atom stereocenters. The molecule has 0 radical (unpaired) electrons. The lowest BCUT2D eigenvalue weighted by Crippen LogP contribution is -2.51. The van der Waals surface area contributed by atoms with Crippen molar-refractivity contribution in [3.8, 4) is 5.75 Å². The Morgan fingerprint density at radius 2 is 1.80 bits per heavy atom. The van der Waals surface area contributed by atoms with Crippen molar-refractivity contribution in [3.05, 3.63) is 29.8 Å². The first-order valence-corrected chi connectivity index (χ1v) is 5.95. The third kappa shape index (κ3) is 4.52. The molecule has 0 bridgehead atoms. The van der Waals surface area contributed by atoms with Gasteiger partial charge in [0.15, 0.2) is 6.61 Å². The lowest BCUT2D eigenvalue weighted by molar-refractivity contribution is -0.119. The van der Waals surface area contributed by atoms with Gasteiger partial charge in [0, 0.05) is 5.56 Å². The second-order valence-electron chi connectivity index (χ2n) is 4.61. The minimum absolute atomic E-state index is 0.237. The molecule has 7 heteroatoms. The lowest BCUT2D eigenvalue weighted by atomic mass is 10.0. The first kappa shape index (κ1) is 15.9. The van der Waals surface area contributed by atoms with E-state index in [0.717, 1.165) is 0 Å². The average Bonchev–Trinajstić information content (AvgIpc) is 2.45. The Labute approximate surface area is 116 Å². The third-order valence-corrected chi connectivity index (χ3v) is 2.61. The number of hydrogen-bond donors (Lipinski definition) is 4. The van der Waals surface area contributed by atoms with Crippen molar-refractivity contribution in [2.45, 2.75) is 12.5 Å². The Morgan fingerprint density at radius 3 is 2.25 bits per heavy atom. The summed E-state index contributed by atoms with van der Waals surface area (Å²) in [6.07, 6.45) is 0.